The number of halogens is 1. The lowest BCUT2D eigenvalue weighted by Crippen LogP contribution is -2.53. The third kappa shape index (κ3) is 2.68. The summed E-state index contributed by atoms with van der Waals surface area (Å²) >= 11 is 3.50. The number of benzene rings is 1. The number of nitrogens with one attached hydrogen (secondary N) is 1. The molecule has 102 valence electrons. The lowest BCUT2D eigenvalue weighted by Gasteiger charge is -2.37. The first kappa shape index (κ1) is 13.1. The van der Waals surface area contributed by atoms with E-state index in [0.29, 0.717) is 19.6 Å². The number of ether oxygens (including phenoxy) is 1. The molecular weight excluding hydrogens is 308 g/mol. The van der Waals surface area contributed by atoms with Crippen LogP contribution in [-0.4, -0.2) is 49.2 Å². The highest BCUT2D eigenvalue weighted by Gasteiger charge is 2.38. The summed E-state index contributed by atoms with van der Waals surface area (Å²) in [5.74, 6) is 0.189. The van der Waals surface area contributed by atoms with Crippen molar-refractivity contribution >= 4 is 21.8 Å². The Morgan fingerprint density at radius 3 is 3.11 bits per heavy atom. The molecule has 1 aromatic carbocycles. The largest absolute Gasteiger partial charge is 0.373 e. The van der Waals surface area contributed by atoms with E-state index in [1.54, 1.807) is 0 Å². The average molecular weight is 325 g/mol. The second-order valence-electron chi connectivity index (χ2n) is 4.99. The molecule has 1 aromatic rings. The molecule has 2 aliphatic heterocycles. The molecule has 0 saturated carbocycles. The number of nitrogens with zero attached hydrogens (tertiary/aromatic N) is 1. The Hall–Kier alpha value is -0.910. The zero-order valence-corrected chi connectivity index (χ0v) is 12.2. The Kier molecular flexibility index (Phi) is 3.86. The summed E-state index contributed by atoms with van der Waals surface area (Å²) < 4.78 is 6.69. The van der Waals surface area contributed by atoms with Gasteiger partial charge >= 0.3 is 0 Å². The first-order chi connectivity index (χ1) is 9.25. The Labute approximate surface area is 121 Å². The molecule has 0 bridgehead atoms. The van der Waals surface area contributed by atoms with E-state index in [4.69, 9.17) is 4.74 Å². The molecule has 3 rings (SSSR count). The van der Waals surface area contributed by atoms with E-state index in [1.165, 1.54) is 0 Å². The summed E-state index contributed by atoms with van der Waals surface area (Å²) in [6, 6.07) is 8.09. The van der Waals surface area contributed by atoms with Gasteiger partial charge in [0, 0.05) is 24.1 Å². The molecule has 2 atom stereocenters. The maximum atomic E-state index is 12.5. The number of fused-ring (bicyclic) bond motifs is 1. The second kappa shape index (κ2) is 5.61. The number of morpholine rings is 1. The zero-order valence-electron chi connectivity index (χ0n) is 10.6. The fourth-order valence-electron chi connectivity index (χ4n) is 2.81. The van der Waals surface area contributed by atoms with Gasteiger partial charge in [-0.05, 0) is 11.6 Å². The van der Waals surface area contributed by atoms with Crippen molar-refractivity contribution in [3.63, 3.8) is 0 Å². The molecule has 0 aliphatic carbocycles. The van der Waals surface area contributed by atoms with Crippen molar-refractivity contribution in [1.29, 1.82) is 0 Å². The molecule has 2 fully saturated rings. The van der Waals surface area contributed by atoms with Gasteiger partial charge in [0.05, 0.1) is 25.2 Å². The van der Waals surface area contributed by atoms with Crippen LogP contribution in [0.1, 0.15) is 5.56 Å². The van der Waals surface area contributed by atoms with E-state index in [-0.39, 0.29) is 18.1 Å². The van der Waals surface area contributed by atoms with E-state index < -0.39 is 0 Å². The highest BCUT2D eigenvalue weighted by atomic mass is 79.9. The summed E-state index contributed by atoms with van der Waals surface area (Å²) in [5.41, 5.74) is 1.04. The quantitative estimate of drug-likeness (QED) is 0.888. The fourth-order valence-corrected chi connectivity index (χ4v) is 3.23. The fraction of sp³-hybridized carbons (Fsp3) is 0.500. The summed E-state index contributed by atoms with van der Waals surface area (Å²) in [7, 11) is 0. The molecule has 1 N–H and O–H groups in total. The minimum Gasteiger partial charge on any atom is -0.373 e. The van der Waals surface area contributed by atoms with Gasteiger partial charge in [-0.1, -0.05) is 34.1 Å². The number of amides is 1. The Balaban J connectivity index is 1.71. The van der Waals surface area contributed by atoms with Crippen molar-refractivity contribution in [3.8, 4) is 0 Å². The molecule has 4 nitrogen and oxygen atoms in total. The van der Waals surface area contributed by atoms with Crippen LogP contribution in [0, 0.1) is 0 Å². The van der Waals surface area contributed by atoms with E-state index in [1.807, 2.05) is 29.2 Å². The summed E-state index contributed by atoms with van der Waals surface area (Å²) in [6.07, 6.45) is 0.613. The third-order valence-corrected chi connectivity index (χ3v) is 4.59. The van der Waals surface area contributed by atoms with Gasteiger partial charge < -0.3 is 15.0 Å². The normalized spacial score (nSPS) is 26.3. The van der Waals surface area contributed by atoms with E-state index in [2.05, 4.69) is 21.2 Å². The number of rotatable bonds is 2. The molecule has 0 spiro atoms. The predicted octanol–water partition coefficient (Wildman–Crippen LogP) is 1.19. The van der Waals surface area contributed by atoms with Crippen molar-refractivity contribution in [3.05, 3.63) is 34.3 Å². The zero-order chi connectivity index (χ0) is 13.2. The van der Waals surface area contributed by atoms with Crippen LogP contribution in [0.25, 0.3) is 0 Å². The van der Waals surface area contributed by atoms with E-state index in [0.717, 1.165) is 23.1 Å². The molecular formula is C14H17BrN2O2. The molecule has 0 radical (unpaired) electrons. The Morgan fingerprint density at radius 1 is 1.42 bits per heavy atom. The molecule has 1 amide bonds. The van der Waals surface area contributed by atoms with Crippen LogP contribution in [0.4, 0.5) is 0 Å². The van der Waals surface area contributed by atoms with Crippen LogP contribution in [0.15, 0.2) is 28.7 Å². The summed E-state index contributed by atoms with van der Waals surface area (Å²) in [4.78, 5) is 14.5. The van der Waals surface area contributed by atoms with Crippen molar-refractivity contribution < 1.29 is 9.53 Å². The lowest BCUT2D eigenvalue weighted by atomic mass is 10.1. The van der Waals surface area contributed by atoms with Crippen LogP contribution in [0.2, 0.25) is 0 Å². The van der Waals surface area contributed by atoms with Crippen molar-refractivity contribution in [2.45, 2.75) is 18.6 Å². The smallest absolute Gasteiger partial charge is 0.227 e. The molecule has 5 heteroatoms. The number of hydrogen-bond acceptors (Lipinski definition) is 3. The monoisotopic (exact) mass is 324 g/mol. The van der Waals surface area contributed by atoms with Crippen molar-refractivity contribution in [1.82, 2.24) is 10.2 Å². The molecule has 2 heterocycles. The Bertz CT molecular complexity index is 480. The van der Waals surface area contributed by atoms with Gasteiger partial charge in [-0.15, -0.1) is 0 Å². The molecule has 0 aromatic heterocycles. The van der Waals surface area contributed by atoms with Gasteiger partial charge in [0.2, 0.25) is 5.91 Å². The highest BCUT2D eigenvalue weighted by molar-refractivity contribution is 9.10. The van der Waals surface area contributed by atoms with Crippen LogP contribution in [0.3, 0.4) is 0 Å². The number of hydrogen-bond donors (Lipinski definition) is 1. The predicted molar refractivity (Wildman–Crippen MR) is 76.0 cm³/mol. The van der Waals surface area contributed by atoms with Crippen molar-refractivity contribution in [2.75, 3.05) is 26.2 Å². The molecule has 0 unspecified atom stereocenters. The van der Waals surface area contributed by atoms with Crippen LogP contribution in [-0.2, 0) is 16.0 Å². The Morgan fingerprint density at radius 2 is 2.26 bits per heavy atom. The third-order valence-electron chi connectivity index (χ3n) is 3.81. The van der Waals surface area contributed by atoms with Gasteiger partial charge in [-0.2, -0.15) is 0 Å². The number of carbonyl (C=O) groups is 1. The molecule has 2 saturated heterocycles. The average Bonchev–Trinajstić information content (AvgIpc) is 2.89. The van der Waals surface area contributed by atoms with Gasteiger partial charge in [0.1, 0.15) is 0 Å². The maximum absolute atomic E-state index is 12.5. The lowest BCUT2D eigenvalue weighted by molar-refractivity contribution is -0.142. The first-order valence-electron chi connectivity index (χ1n) is 6.61. The van der Waals surface area contributed by atoms with Crippen molar-refractivity contribution in [2.24, 2.45) is 0 Å². The van der Waals surface area contributed by atoms with Gasteiger partial charge in [0.25, 0.3) is 0 Å². The topological polar surface area (TPSA) is 41.6 Å². The molecule has 19 heavy (non-hydrogen) atoms. The van der Waals surface area contributed by atoms with Crippen LogP contribution >= 0.6 is 15.9 Å². The van der Waals surface area contributed by atoms with Gasteiger partial charge in [-0.3, -0.25) is 4.79 Å². The van der Waals surface area contributed by atoms with E-state index >= 15 is 0 Å². The number of carbonyl (C=O) groups excluding carboxylic acids is 1. The first-order valence-corrected chi connectivity index (χ1v) is 7.40. The van der Waals surface area contributed by atoms with Gasteiger partial charge in [0.15, 0.2) is 0 Å². The highest BCUT2D eigenvalue weighted by Crippen LogP contribution is 2.21. The summed E-state index contributed by atoms with van der Waals surface area (Å²) in [5, 5.41) is 3.30. The second-order valence-corrected chi connectivity index (χ2v) is 5.84. The van der Waals surface area contributed by atoms with Crippen LogP contribution < -0.4 is 5.32 Å². The minimum absolute atomic E-state index is 0.164. The van der Waals surface area contributed by atoms with Crippen LogP contribution in [0.5, 0.6) is 0 Å². The minimum atomic E-state index is 0.164. The maximum Gasteiger partial charge on any atom is 0.227 e. The molecule has 2 aliphatic rings. The summed E-state index contributed by atoms with van der Waals surface area (Å²) in [6.45, 7) is 3.03. The SMILES string of the molecule is O=C(Cc1ccccc1Br)N1CCO[C@H]2CNC[C@H]21. The van der Waals surface area contributed by atoms with Gasteiger partial charge in [-0.25, -0.2) is 0 Å². The standard InChI is InChI=1S/C14H17BrN2O2/c15-11-4-2-1-3-10(11)7-14(18)17-5-6-19-13-9-16-8-12(13)17/h1-4,12-13,16H,5-9H2/t12-,13+/m1/s1. The van der Waals surface area contributed by atoms with E-state index in [9.17, 15) is 4.79 Å².